The maximum atomic E-state index is 11.9. The topological polar surface area (TPSA) is 131 Å². The van der Waals surface area contributed by atoms with Crippen LogP contribution >= 0.6 is 11.3 Å². The van der Waals surface area contributed by atoms with Gasteiger partial charge in [0.1, 0.15) is 5.01 Å². The number of aryl methyl sites for hydroxylation is 1. The van der Waals surface area contributed by atoms with Crippen molar-refractivity contribution in [2.75, 3.05) is 18.8 Å². The van der Waals surface area contributed by atoms with Gasteiger partial charge in [0.25, 0.3) is 0 Å². The van der Waals surface area contributed by atoms with Crippen molar-refractivity contribution in [3.8, 4) is 0 Å². The Hall–Kier alpha value is -1.90. The fraction of sp³-hybridized carbons (Fsp3) is 0.750. The lowest BCUT2D eigenvalue weighted by molar-refractivity contribution is 0.231. The number of nitrogens with zero attached hydrogens (tertiary/aromatic N) is 3. The quantitative estimate of drug-likeness (QED) is 0.332. The van der Waals surface area contributed by atoms with Crippen LogP contribution in [0.3, 0.4) is 0 Å². The molecule has 0 bridgehead atoms. The minimum Gasteiger partial charge on any atom is -0.374 e. The molecule has 1 aromatic rings. The predicted molar refractivity (Wildman–Crippen MR) is 101 cm³/mol. The van der Waals surface area contributed by atoms with Crippen LogP contribution in [0.1, 0.15) is 50.5 Å². The van der Waals surface area contributed by atoms with E-state index in [1.807, 2.05) is 0 Å². The lowest BCUT2D eigenvalue weighted by atomic mass is 9.81. The molecule has 9 heteroatoms. The minimum atomic E-state index is -0.291. The van der Waals surface area contributed by atoms with Crippen molar-refractivity contribution in [2.45, 2.75) is 51.9 Å². The first kappa shape index (κ1) is 19.4. The third-order valence-electron chi connectivity index (χ3n) is 4.59. The molecule has 1 aliphatic rings. The summed E-state index contributed by atoms with van der Waals surface area (Å²) in [6, 6.07) is -0.291. The maximum Gasteiger partial charge on any atom is 0.321 e. The number of nitrogen functional groups attached to an aromatic ring is 1. The number of amides is 2. The Morgan fingerprint density at radius 3 is 2.80 bits per heavy atom. The Morgan fingerprint density at radius 2 is 2.12 bits per heavy atom. The van der Waals surface area contributed by atoms with Crippen LogP contribution in [-0.2, 0) is 6.42 Å². The van der Waals surface area contributed by atoms with Crippen LogP contribution in [0.25, 0.3) is 0 Å². The molecule has 8 nitrogen and oxygen atoms in total. The molecule has 0 aromatic carbocycles. The summed E-state index contributed by atoms with van der Waals surface area (Å²) in [5.74, 6) is 1.35. The van der Waals surface area contributed by atoms with E-state index in [0.29, 0.717) is 24.1 Å². The summed E-state index contributed by atoms with van der Waals surface area (Å²) in [6.07, 6.45) is 8.03. The average molecular weight is 368 g/mol. The zero-order valence-electron chi connectivity index (χ0n) is 14.8. The highest BCUT2D eigenvalue weighted by Crippen LogP contribution is 2.29. The number of guanidine groups is 1. The fourth-order valence-corrected chi connectivity index (χ4v) is 3.77. The summed E-state index contributed by atoms with van der Waals surface area (Å²) >= 11 is 1.37. The number of nitrogens with two attached hydrogens (primary N) is 2. The van der Waals surface area contributed by atoms with Gasteiger partial charge >= 0.3 is 6.03 Å². The van der Waals surface area contributed by atoms with E-state index < -0.39 is 0 Å². The molecule has 1 atom stereocenters. The molecule has 0 spiro atoms. The molecular weight excluding hydrogens is 338 g/mol. The van der Waals surface area contributed by atoms with Gasteiger partial charge in [-0.1, -0.05) is 50.4 Å². The van der Waals surface area contributed by atoms with E-state index in [4.69, 9.17) is 11.5 Å². The SMILES string of the molecule is CC(CNC(=O)NC(N)=NCCCc1nnc(N)s1)C1CCCCC1. The zero-order valence-corrected chi connectivity index (χ0v) is 15.6. The van der Waals surface area contributed by atoms with Crippen LogP contribution in [0.2, 0.25) is 0 Å². The third kappa shape index (κ3) is 7.25. The molecule has 1 fully saturated rings. The minimum absolute atomic E-state index is 0.139. The first-order valence-electron chi connectivity index (χ1n) is 8.97. The largest absolute Gasteiger partial charge is 0.374 e. The first-order chi connectivity index (χ1) is 12.0. The van der Waals surface area contributed by atoms with Gasteiger partial charge in [-0.2, -0.15) is 0 Å². The Labute approximate surface area is 152 Å². The van der Waals surface area contributed by atoms with Crippen molar-refractivity contribution >= 4 is 28.5 Å². The summed E-state index contributed by atoms with van der Waals surface area (Å²) in [6.45, 7) is 3.39. The number of aromatic nitrogens is 2. The molecule has 2 rings (SSSR count). The molecule has 1 saturated carbocycles. The maximum absolute atomic E-state index is 11.9. The smallest absolute Gasteiger partial charge is 0.321 e. The summed E-state index contributed by atoms with van der Waals surface area (Å²) in [5, 5.41) is 14.5. The van der Waals surface area contributed by atoms with E-state index in [0.717, 1.165) is 23.8 Å². The number of anilines is 1. The van der Waals surface area contributed by atoms with Crippen LogP contribution in [0.15, 0.2) is 4.99 Å². The lowest BCUT2D eigenvalue weighted by Crippen LogP contribution is -2.45. The van der Waals surface area contributed by atoms with Gasteiger partial charge in [0.15, 0.2) is 5.96 Å². The number of rotatable bonds is 7. The van der Waals surface area contributed by atoms with E-state index in [1.165, 1.54) is 43.4 Å². The molecule has 1 heterocycles. The van der Waals surface area contributed by atoms with Gasteiger partial charge < -0.3 is 16.8 Å². The van der Waals surface area contributed by atoms with Crippen LogP contribution in [0.4, 0.5) is 9.93 Å². The van der Waals surface area contributed by atoms with Crippen LogP contribution in [-0.4, -0.2) is 35.3 Å². The van der Waals surface area contributed by atoms with E-state index in [9.17, 15) is 4.79 Å². The molecule has 1 aliphatic carbocycles. The fourth-order valence-electron chi connectivity index (χ4n) is 3.12. The van der Waals surface area contributed by atoms with Gasteiger partial charge in [0.2, 0.25) is 5.13 Å². The van der Waals surface area contributed by atoms with Gasteiger partial charge in [0, 0.05) is 19.5 Å². The Bertz CT molecular complexity index is 569. The van der Waals surface area contributed by atoms with Crippen molar-refractivity contribution in [1.29, 1.82) is 0 Å². The summed E-state index contributed by atoms with van der Waals surface area (Å²) < 4.78 is 0. The Morgan fingerprint density at radius 1 is 1.36 bits per heavy atom. The van der Waals surface area contributed by atoms with Crippen molar-refractivity contribution in [3.05, 3.63) is 5.01 Å². The standard InChI is InChI=1S/C16H29N7OS/c1-11(12-6-3-2-4-7-12)10-20-16(24)21-14(17)19-9-5-8-13-22-23-15(18)25-13/h11-12H,2-10H2,1H3,(H2,18,23)(H4,17,19,20,21,24). The Balaban J connectivity index is 1.60. The molecular formula is C16H29N7OS. The molecule has 1 aromatic heterocycles. The van der Waals surface area contributed by atoms with Crippen molar-refractivity contribution in [3.63, 3.8) is 0 Å². The van der Waals surface area contributed by atoms with Gasteiger partial charge in [-0.25, -0.2) is 4.79 Å². The van der Waals surface area contributed by atoms with E-state index in [2.05, 4.69) is 32.7 Å². The Kier molecular flexibility index (Phi) is 7.90. The van der Waals surface area contributed by atoms with E-state index in [1.54, 1.807) is 0 Å². The summed E-state index contributed by atoms with van der Waals surface area (Å²) in [5.41, 5.74) is 11.3. The van der Waals surface area contributed by atoms with Gasteiger partial charge in [0.05, 0.1) is 0 Å². The number of urea groups is 1. The molecule has 2 amide bonds. The normalized spacial score (nSPS) is 17.2. The molecule has 25 heavy (non-hydrogen) atoms. The number of hydrogen-bond donors (Lipinski definition) is 4. The second kappa shape index (κ2) is 10.2. The third-order valence-corrected chi connectivity index (χ3v) is 5.41. The van der Waals surface area contributed by atoms with Gasteiger partial charge in [-0.15, -0.1) is 10.2 Å². The average Bonchev–Trinajstić information content (AvgIpc) is 3.02. The van der Waals surface area contributed by atoms with Crippen LogP contribution < -0.4 is 22.1 Å². The number of nitrogens with one attached hydrogen (secondary N) is 2. The van der Waals surface area contributed by atoms with Crippen molar-refractivity contribution < 1.29 is 4.79 Å². The number of carbonyl (C=O) groups excluding carboxylic acids is 1. The van der Waals surface area contributed by atoms with Crippen LogP contribution in [0.5, 0.6) is 0 Å². The van der Waals surface area contributed by atoms with E-state index >= 15 is 0 Å². The molecule has 6 N–H and O–H groups in total. The highest BCUT2D eigenvalue weighted by molar-refractivity contribution is 7.15. The van der Waals surface area contributed by atoms with Gasteiger partial charge in [-0.05, 0) is 18.3 Å². The highest BCUT2D eigenvalue weighted by Gasteiger charge is 2.20. The van der Waals surface area contributed by atoms with E-state index in [-0.39, 0.29) is 12.0 Å². The first-order valence-corrected chi connectivity index (χ1v) is 9.79. The molecule has 0 radical (unpaired) electrons. The summed E-state index contributed by atoms with van der Waals surface area (Å²) in [7, 11) is 0. The molecule has 140 valence electrons. The van der Waals surface area contributed by atoms with Crippen molar-refractivity contribution in [1.82, 2.24) is 20.8 Å². The monoisotopic (exact) mass is 367 g/mol. The second-order valence-corrected chi connectivity index (χ2v) is 7.71. The second-order valence-electron chi connectivity index (χ2n) is 6.61. The predicted octanol–water partition coefficient (Wildman–Crippen LogP) is 1.88. The number of carbonyl (C=O) groups is 1. The highest BCUT2D eigenvalue weighted by atomic mass is 32.1. The molecule has 0 saturated heterocycles. The lowest BCUT2D eigenvalue weighted by Gasteiger charge is -2.27. The molecule has 0 aliphatic heterocycles. The number of aliphatic imine (C=N–C) groups is 1. The summed E-state index contributed by atoms with van der Waals surface area (Å²) in [4.78, 5) is 16.0. The zero-order chi connectivity index (χ0) is 18.1. The van der Waals surface area contributed by atoms with Gasteiger partial charge in [-0.3, -0.25) is 10.3 Å². The van der Waals surface area contributed by atoms with Crippen LogP contribution in [0, 0.1) is 11.8 Å². The molecule has 1 unspecified atom stereocenters. The van der Waals surface area contributed by atoms with Crippen molar-refractivity contribution in [2.24, 2.45) is 22.6 Å². The number of hydrogen-bond acceptors (Lipinski definition) is 6.